The summed E-state index contributed by atoms with van der Waals surface area (Å²) < 4.78 is 75.4. The normalized spacial score (nSPS) is 19.8. The van der Waals surface area contributed by atoms with Crippen LogP contribution in [0.4, 0.5) is 38.0 Å². The number of nitrogens with zero attached hydrogens (tertiary/aromatic N) is 6. The van der Waals surface area contributed by atoms with E-state index >= 15 is 0 Å². The molecule has 0 spiro atoms. The summed E-state index contributed by atoms with van der Waals surface area (Å²) in [4.78, 5) is 10.8. The molecule has 2 fully saturated rings. The number of aromatic nitrogens is 1. The molecule has 0 aromatic carbocycles. The van der Waals surface area contributed by atoms with Crippen molar-refractivity contribution < 1.29 is 26.3 Å². The Kier molecular flexibility index (Phi) is 6.62. The average molecular weight is 436 g/mol. The van der Waals surface area contributed by atoms with Gasteiger partial charge in [0.25, 0.3) is 0 Å². The number of anilines is 2. The Morgan fingerprint density at radius 1 is 0.767 bits per heavy atom. The summed E-state index contributed by atoms with van der Waals surface area (Å²) in [6, 6.07) is 5.31. The average Bonchev–Trinajstić information content (AvgIpc) is 2.66. The van der Waals surface area contributed by atoms with Gasteiger partial charge in [-0.15, -0.1) is 0 Å². The topological polar surface area (TPSA) is 49.6 Å². The number of halogens is 6. The number of hydrogen-bond donors (Lipinski definition) is 0. The van der Waals surface area contributed by atoms with Gasteiger partial charge in [0.1, 0.15) is 17.7 Å². The van der Waals surface area contributed by atoms with Gasteiger partial charge in [-0.1, -0.05) is 0 Å². The number of hydrogen-bond acceptors (Lipinski definition) is 6. The molecule has 166 valence electrons. The number of alkyl halides is 6. The molecule has 2 aliphatic heterocycles. The molecule has 0 aliphatic carbocycles. The highest BCUT2D eigenvalue weighted by Crippen LogP contribution is 2.26. The number of pyridine rings is 1. The lowest BCUT2D eigenvalue weighted by molar-refractivity contribution is -0.147. The van der Waals surface area contributed by atoms with E-state index in [9.17, 15) is 31.6 Å². The summed E-state index contributed by atoms with van der Waals surface area (Å²) in [5.74, 6) is 0.952. The van der Waals surface area contributed by atoms with Gasteiger partial charge in [0.2, 0.25) is 0 Å². The van der Waals surface area contributed by atoms with Crippen LogP contribution in [0.3, 0.4) is 0 Å². The van der Waals surface area contributed by atoms with Gasteiger partial charge in [0, 0.05) is 52.4 Å². The predicted octanol–water partition coefficient (Wildman–Crippen LogP) is 2.32. The molecule has 0 unspecified atom stereocenters. The van der Waals surface area contributed by atoms with Gasteiger partial charge in [0.15, 0.2) is 0 Å². The second-order valence-electron chi connectivity index (χ2n) is 7.41. The number of rotatable bonds is 4. The van der Waals surface area contributed by atoms with Crippen LogP contribution in [0.1, 0.15) is 5.56 Å². The first-order valence-electron chi connectivity index (χ1n) is 9.53. The van der Waals surface area contributed by atoms with E-state index in [1.807, 2.05) is 4.90 Å². The molecule has 0 radical (unpaired) electrons. The fraction of sp³-hybridized carbons (Fsp3) is 0.667. The zero-order valence-corrected chi connectivity index (χ0v) is 16.2. The third-order valence-corrected chi connectivity index (χ3v) is 5.15. The smallest absolute Gasteiger partial charge is 0.354 e. The maximum Gasteiger partial charge on any atom is 0.401 e. The van der Waals surface area contributed by atoms with Crippen LogP contribution >= 0.6 is 0 Å². The van der Waals surface area contributed by atoms with Gasteiger partial charge in [-0.25, -0.2) is 4.98 Å². The summed E-state index contributed by atoms with van der Waals surface area (Å²) in [6.07, 6.45) is -8.50. The first-order valence-corrected chi connectivity index (χ1v) is 9.53. The molecule has 6 nitrogen and oxygen atoms in total. The minimum absolute atomic E-state index is 0.201. The SMILES string of the molecule is N#Cc1ccc(N2CCN(CC(F)(F)F)CC2)nc1N1CCN(CC(F)(F)F)CC1. The van der Waals surface area contributed by atoms with E-state index in [2.05, 4.69) is 11.1 Å². The van der Waals surface area contributed by atoms with Crippen molar-refractivity contribution >= 4 is 11.6 Å². The third-order valence-electron chi connectivity index (χ3n) is 5.15. The molecule has 1 aromatic heterocycles. The first kappa shape index (κ1) is 22.4. The second kappa shape index (κ2) is 8.85. The van der Waals surface area contributed by atoms with Gasteiger partial charge >= 0.3 is 12.4 Å². The Bertz CT molecular complexity index is 758. The lowest BCUT2D eigenvalue weighted by atomic mass is 10.2. The fourth-order valence-electron chi connectivity index (χ4n) is 3.70. The summed E-state index contributed by atoms with van der Waals surface area (Å²) in [6.45, 7) is 0.317. The van der Waals surface area contributed by atoms with Crippen LogP contribution in [0.2, 0.25) is 0 Å². The van der Waals surface area contributed by atoms with Crippen molar-refractivity contribution in [2.75, 3.05) is 75.2 Å². The standard InChI is InChI=1S/C18H22F6N6/c19-17(20,21)12-27-3-7-29(8-4-27)15-2-1-14(11-25)16(26-15)30-9-5-28(6-10-30)13-18(22,23)24/h1-2H,3-10,12-13H2. The Morgan fingerprint density at radius 2 is 1.23 bits per heavy atom. The predicted molar refractivity (Wildman–Crippen MR) is 98.4 cm³/mol. The molecule has 1 aromatic rings. The minimum atomic E-state index is -4.26. The molecule has 0 atom stereocenters. The van der Waals surface area contributed by atoms with E-state index in [0.29, 0.717) is 43.4 Å². The van der Waals surface area contributed by atoms with Crippen LogP contribution < -0.4 is 9.80 Å². The molecular formula is C18H22F6N6. The van der Waals surface area contributed by atoms with Crippen molar-refractivity contribution in [1.29, 1.82) is 5.26 Å². The Morgan fingerprint density at radius 3 is 1.67 bits per heavy atom. The van der Waals surface area contributed by atoms with Crippen molar-refractivity contribution in [2.45, 2.75) is 12.4 Å². The molecule has 2 saturated heterocycles. The van der Waals surface area contributed by atoms with Gasteiger partial charge < -0.3 is 9.80 Å². The van der Waals surface area contributed by atoms with Crippen molar-refractivity contribution in [3.05, 3.63) is 17.7 Å². The summed E-state index contributed by atoms with van der Waals surface area (Å²) in [5, 5.41) is 9.40. The molecular weight excluding hydrogens is 414 g/mol. The molecule has 30 heavy (non-hydrogen) atoms. The molecule has 0 bridgehead atoms. The first-order chi connectivity index (χ1) is 14.0. The Balaban J connectivity index is 1.65. The minimum Gasteiger partial charge on any atom is -0.354 e. The van der Waals surface area contributed by atoms with Crippen LogP contribution in [0.15, 0.2) is 12.1 Å². The molecule has 3 heterocycles. The van der Waals surface area contributed by atoms with E-state index < -0.39 is 25.4 Å². The molecule has 3 rings (SSSR count). The largest absolute Gasteiger partial charge is 0.401 e. The maximum absolute atomic E-state index is 12.6. The van der Waals surface area contributed by atoms with E-state index in [1.165, 1.54) is 9.80 Å². The lowest BCUT2D eigenvalue weighted by Crippen LogP contribution is -2.50. The molecule has 0 saturated carbocycles. The highest BCUT2D eigenvalue weighted by atomic mass is 19.4. The summed E-state index contributed by atoms with van der Waals surface area (Å²) in [7, 11) is 0. The molecule has 0 amide bonds. The van der Waals surface area contributed by atoms with Crippen LogP contribution in [-0.2, 0) is 0 Å². The molecule has 0 N–H and O–H groups in total. The van der Waals surface area contributed by atoms with Gasteiger partial charge in [-0.2, -0.15) is 31.6 Å². The quantitative estimate of drug-likeness (QED) is 0.676. The molecule has 12 heteroatoms. The molecule has 2 aliphatic rings. The van der Waals surface area contributed by atoms with Crippen LogP contribution in [0.5, 0.6) is 0 Å². The van der Waals surface area contributed by atoms with Crippen molar-refractivity contribution in [1.82, 2.24) is 14.8 Å². The second-order valence-corrected chi connectivity index (χ2v) is 7.41. The van der Waals surface area contributed by atoms with E-state index in [4.69, 9.17) is 0 Å². The van der Waals surface area contributed by atoms with E-state index in [0.717, 1.165) is 0 Å². The highest BCUT2D eigenvalue weighted by Gasteiger charge is 2.34. The maximum atomic E-state index is 12.6. The highest BCUT2D eigenvalue weighted by molar-refractivity contribution is 5.59. The van der Waals surface area contributed by atoms with Crippen LogP contribution in [0.25, 0.3) is 0 Å². The summed E-state index contributed by atoms with van der Waals surface area (Å²) >= 11 is 0. The fourth-order valence-corrected chi connectivity index (χ4v) is 3.70. The van der Waals surface area contributed by atoms with Crippen molar-refractivity contribution in [2.24, 2.45) is 0 Å². The lowest BCUT2D eigenvalue weighted by Gasteiger charge is -2.38. The van der Waals surface area contributed by atoms with E-state index in [-0.39, 0.29) is 26.2 Å². The van der Waals surface area contributed by atoms with Gasteiger partial charge in [-0.05, 0) is 12.1 Å². The zero-order chi connectivity index (χ0) is 21.9. The monoisotopic (exact) mass is 436 g/mol. The van der Waals surface area contributed by atoms with Crippen molar-refractivity contribution in [3.8, 4) is 6.07 Å². The van der Waals surface area contributed by atoms with Crippen LogP contribution in [-0.4, -0.2) is 92.6 Å². The number of nitriles is 1. The van der Waals surface area contributed by atoms with Crippen LogP contribution in [0, 0.1) is 11.3 Å². The van der Waals surface area contributed by atoms with E-state index in [1.54, 1.807) is 17.0 Å². The Labute approximate surface area is 170 Å². The van der Waals surface area contributed by atoms with Gasteiger partial charge in [-0.3, -0.25) is 9.80 Å². The summed E-state index contributed by atoms with van der Waals surface area (Å²) in [5.41, 5.74) is 0.318. The number of piperazine rings is 2. The Hall–Kier alpha value is -2.26. The third kappa shape index (κ3) is 6.12. The zero-order valence-electron chi connectivity index (χ0n) is 16.2. The van der Waals surface area contributed by atoms with Crippen molar-refractivity contribution in [3.63, 3.8) is 0 Å². The van der Waals surface area contributed by atoms with Gasteiger partial charge in [0.05, 0.1) is 18.7 Å².